The summed E-state index contributed by atoms with van der Waals surface area (Å²) in [4.78, 5) is 36.7. The fourth-order valence-electron chi connectivity index (χ4n) is 4.01. The third kappa shape index (κ3) is 17.6. The smallest absolute Gasteiger partial charge is 0.255 e. The van der Waals surface area contributed by atoms with E-state index in [1.807, 2.05) is 13.0 Å². The molecule has 0 atom stereocenters. The van der Waals surface area contributed by atoms with Gasteiger partial charge in [-0.15, -0.1) is 0 Å². The molecule has 0 N–H and O–H groups in total. The first-order valence-electron chi connectivity index (χ1n) is 14.1. The first kappa shape index (κ1) is 34.5. The molecule has 0 heterocycles. The van der Waals surface area contributed by atoms with Gasteiger partial charge in [0, 0.05) is 25.0 Å². The van der Waals surface area contributed by atoms with Crippen LogP contribution in [-0.2, 0) is 14.4 Å². The summed E-state index contributed by atoms with van der Waals surface area (Å²) >= 11 is 0. The quantitative estimate of drug-likeness (QED) is 0.136. The van der Waals surface area contributed by atoms with E-state index < -0.39 is 0 Å². The van der Waals surface area contributed by atoms with E-state index in [1.54, 1.807) is 20.8 Å². The van der Waals surface area contributed by atoms with E-state index in [0.29, 0.717) is 25.0 Å². The number of Topliss-reactive ketones (excluding diaryl/α,β-unsaturated/α-hetero) is 1. The highest BCUT2D eigenvalue weighted by molar-refractivity contribution is 6.03. The molecule has 0 aliphatic carbocycles. The van der Waals surface area contributed by atoms with Crippen LogP contribution < -0.4 is 0 Å². The molecule has 0 radical (unpaired) electrons. The van der Waals surface area contributed by atoms with Crippen LogP contribution in [0.1, 0.15) is 126 Å². The number of imide groups is 1. The molecule has 0 aromatic carbocycles. The average molecular weight is 512 g/mol. The molecule has 0 bridgehead atoms. The van der Waals surface area contributed by atoms with Crippen LogP contribution in [0.3, 0.4) is 0 Å². The maximum absolute atomic E-state index is 12.5. The Morgan fingerprint density at radius 3 is 1.22 bits per heavy atom. The zero-order chi connectivity index (χ0) is 28.2. The number of likely N-dealkylation sites (N-methyl/N-ethyl adjacent to an activating group) is 1. The lowest BCUT2D eigenvalue weighted by Crippen LogP contribution is -2.36. The number of hydrogen-bond donors (Lipinski definition) is 0. The zero-order valence-electron chi connectivity index (χ0n) is 25.0. The first-order valence-corrected chi connectivity index (χ1v) is 14.1. The predicted molar refractivity (Wildman–Crippen MR) is 158 cm³/mol. The number of carbonyl (C=O) groups is 3. The van der Waals surface area contributed by atoms with Gasteiger partial charge in [0.05, 0.1) is 0 Å². The number of carbonyl (C=O) groups excluding carboxylic acids is 3. The van der Waals surface area contributed by atoms with E-state index in [-0.39, 0.29) is 17.6 Å². The van der Waals surface area contributed by atoms with Crippen molar-refractivity contribution >= 4 is 17.6 Å². The number of ketones is 1. The van der Waals surface area contributed by atoms with E-state index >= 15 is 0 Å². The van der Waals surface area contributed by atoms with Gasteiger partial charge in [-0.3, -0.25) is 14.5 Å². The summed E-state index contributed by atoms with van der Waals surface area (Å²) in [6.45, 7) is 16.2. The van der Waals surface area contributed by atoms with Gasteiger partial charge in [-0.25, -0.2) is 0 Å². The molecule has 4 nitrogen and oxygen atoms in total. The third-order valence-electron chi connectivity index (χ3n) is 6.58. The number of rotatable bonds is 18. The van der Waals surface area contributed by atoms with Gasteiger partial charge < -0.3 is 4.79 Å². The van der Waals surface area contributed by atoms with Gasteiger partial charge in [-0.1, -0.05) is 59.6 Å². The van der Waals surface area contributed by atoms with Crippen LogP contribution in [0, 0.1) is 0 Å². The average Bonchev–Trinajstić information content (AvgIpc) is 2.83. The Bertz CT molecular complexity index is 883. The molecular formula is C33H53NO3. The van der Waals surface area contributed by atoms with E-state index in [2.05, 4.69) is 52.0 Å². The Morgan fingerprint density at radius 1 is 0.541 bits per heavy atom. The Kier molecular flexibility index (Phi) is 19.2. The van der Waals surface area contributed by atoms with Crippen molar-refractivity contribution in [1.29, 1.82) is 0 Å². The van der Waals surface area contributed by atoms with Crippen LogP contribution in [0.25, 0.3) is 0 Å². The summed E-state index contributed by atoms with van der Waals surface area (Å²) < 4.78 is 0. The van der Waals surface area contributed by atoms with Gasteiger partial charge in [-0.05, 0) is 106 Å². The molecule has 0 saturated carbocycles. The lowest BCUT2D eigenvalue weighted by Gasteiger charge is -2.18. The van der Waals surface area contributed by atoms with Crippen molar-refractivity contribution in [3.8, 4) is 0 Å². The maximum Gasteiger partial charge on any atom is 0.255 e. The zero-order valence-corrected chi connectivity index (χ0v) is 25.0. The highest BCUT2D eigenvalue weighted by Gasteiger charge is 2.18. The van der Waals surface area contributed by atoms with Gasteiger partial charge >= 0.3 is 0 Å². The van der Waals surface area contributed by atoms with E-state index in [0.717, 1.165) is 57.8 Å². The number of amides is 2. The Morgan fingerprint density at radius 2 is 0.892 bits per heavy atom. The molecule has 0 unspecified atom stereocenters. The Balaban J connectivity index is 4.35. The van der Waals surface area contributed by atoms with E-state index in [9.17, 15) is 14.4 Å². The second-order valence-corrected chi connectivity index (χ2v) is 10.3. The summed E-state index contributed by atoms with van der Waals surface area (Å²) in [5, 5.41) is 0. The Labute approximate surface area is 227 Å². The minimum absolute atomic E-state index is 0.118. The molecule has 0 aromatic rings. The molecule has 0 aliphatic rings. The van der Waals surface area contributed by atoms with Crippen LogP contribution in [-0.4, -0.2) is 29.0 Å². The molecule has 0 spiro atoms. The van der Waals surface area contributed by atoms with Crippen molar-refractivity contribution in [1.82, 2.24) is 4.90 Å². The minimum atomic E-state index is -0.171. The van der Waals surface area contributed by atoms with Crippen molar-refractivity contribution in [2.24, 2.45) is 0 Å². The molecule has 37 heavy (non-hydrogen) atoms. The lowest BCUT2D eigenvalue weighted by atomic mass is 10.0. The molecule has 0 fully saturated rings. The summed E-state index contributed by atoms with van der Waals surface area (Å²) in [7, 11) is 0. The second kappa shape index (κ2) is 20.6. The maximum atomic E-state index is 12.5. The summed E-state index contributed by atoms with van der Waals surface area (Å²) in [6, 6.07) is 0. The monoisotopic (exact) mass is 511 g/mol. The van der Waals surface area contributed by atoms with Gasteiger partial charge in [0.2, 0.25) is 5.91 Å². The van der Waals surface area contributed by atoms with Gasteiger partial charge in [0.1, 0.15) is 5.78 Å². The lowest BCUT2D eigenvalue weighted by molar-refractivity contribution is -0.142. The predicted octanol–water partition coefficient (Wildman–Crippen LogP) is 8.99. The number of hydrogen-bond acceptors (Lipinski definition) is 3. The van der Waals surface area contributed by atoms with Crippen molar-refractivity contribution < 1.29 is 14.4 Å². The molecule has 2 amide bonds. The fraction of sp³-hybridized carbons (Fsp3) is 0.606. The summed E-state index contributed by atoms with van der Waals surface area (Å²) in [5.74, 6) is -0.0322. The normalized spacial score (nSPS) is 13.7. The molecule has 0 aromatic heterocycles. The largest absolute Gasteiger partial charge is 0.300 e. The van der Waals surface area contributed by atoms with Gasteiger partial charge in [0.25, 0.3) is 5.91 Å². The first-order chi connectivity index (χ1) is 17.5. The molecule has 208 valence electrons. The topological polar surface area (TPSA) is 54.5 Å². The van der Waals surface area contributed by atoms with Crippen LogP contribution in [0.4, 0.5) is 0 Å². The van der Waals surface area contributed by atoms with Crippen LogP contribution >= 0.6 is 0 Å². The number of nitrogens with zero attached hydrogens (tertiary/aromatic N) is 1. The van der Waals surface area contributed by atoms with Crippen LogP contribution in [0.5, 0.6) is 0 Å². The van der Waals surface area contributed by atoms with Gasteiger partial charge in [0.15, 0.2) is 0 Å². The van der Waals surface area contributed by atoms with Crippen molar-refractivity contribution in [3.63, 3.8) is 0 Å². The van der Waals surface area contributed by atoms with Gasteiger partial charge in [-0.2, -0.15) is 0 Å². The molecular weight excluding hydrogens is 458 g/mol. The van der Waals surface area contributed by atoms with Crippen LogP contribution in [0.15, 0.2) is 58.2 Å². The van der Waals surface area contributed by atoms with Crippen molar-refractivity contribution in [2.45, 2.75) is 126 Å². The molecule has 0 aliphatic heterocycles. The Hall–Kier alpha value is -2.49. The number of allylic oxidation sites excluding steroid dienone is 9. The third-order valence-corrected chi connectivity index (χ3v) is 6.58. The van der Waals surface area contributed by atoms with E-state index in [4.69, 9.17) is 0 Å². The van der Waals surface area contributed by atoms with Crippen molar-refractivity contribution in [2.75, 3.05) is 6.54 Å². The molecule has 0 saturated heterocycles. The highest BCUT2D eigenvalue weighted by atomic mass is 16.2. The molecule has 0 rings (SSSR count). The fourth-order valence-corrected chi connectivity index (χ4v) is 4.01. The molecule has 4 heteroatoms. The highest BCUT2D eigenvalue weighted by Crippen LogP contribution is 2.15. The van der Waals surface area contributed by atoms with Crippen LogP contribution in [0.2, 0.25) is 0 Å². The second-order valence-electron chi connectivity index (χ2n) is 10.3. The van der Waals surface area contributed by atoms with E-state index in [1.165, 1.54) is 27.2 Å². The van der Waals surface area contributed by atoms with Crippen molar-refractivity contribution in [3.05, 3.63) is 58.2 Å². The minimum Gasteiger partial charge on any atom is -0.300 e. The summed E-state index contributed by atoms with van der Waals surface area (Å²) in [6.07, 6.45) is 21.2. The SMILES string of the molecule is CCC(=O)N(CC)C(=O)/C(C)=C/CC/C(C)=C/CC/C(C)=C/CC/C(C)=C/CC/C(C)=C/CCC(C)=O. The summed E-state index contributed by atoms with van der Waals surface area (Å²) in [5.41, 5.74) is 6.24. The standard InChI is InChI=1S/C33H53NO3/c1-9-32(36)34(10-2)33(37)30(7)24-14-22-28(5)20-12-18-26(3)16-11-17-27(4)19-13-21-29(6)23-15-25-31(8)35/h16,19-20,23-24H,9-15,17-18,21-22,25H2,1-8H3/b26-16+,27-19+,28-20+,29-23+,30-24+.